The van der Waals surface area contributed by atoms with Crippen molar-refractivity contribution >= 4 is 29.3 Å². The van der Waals surface area contributed by atoms with Gasteiger partial charge in [-0.15, -0.1) is 10.2 Å². The Morgan fingerprint density at radius 2 is 1.96 bits per heavy atom. The fraction of sp³-hybridized carbons (Fsp3) is 0.500. The fourth-order valence-corrected chi connectivity index (χ4v) is 4.37. The molecule has 0 bridgehead atoms. The summed E-state index contributed by atoms with van der Waals surface area (Å²) in [5.41, 5.74) is 1.65. The van der Waals surface area contributed by atoms with Crippen LogP contribution in [-0.2, 0) is 9.59 Å². The van der Waals surface area contributed by atoms with E-state index in [2.05, 4.69) is 15.5 Å². The number of nitrogens with zero attached hydrogens (tertiary/aromatic N) is 4. The maximum Gasteiger partial charge on any atom is 0.233 e. The molecule has 4 rings (SSSR count). The van der Waals surface area contributed by atoms with Gasteiger partial charge >= 0.3 is 0 Å². The van der Waals surface area contributed by atoms with Crippen molar-refractivity contribution in [2.75, 3.05) is 24.2 Å². The van der Waals surface area contributed by atoms with Gasteiger partial charge in [0.1, 0.15) is 5.82 Å². The van der Waals surface area contributed by atoms with E-state index >= 15 is 0 Å². The summed E-state index contributed by atoms with van der Waals surface area (Å²) in [6.45, 7) is 3.21. The molecule has 0 atom stereocenters. The van der Waals surface area contributed by atoms with Crippen LogP contribution in [-0.4, -0.2) is 50.3 Å². The normalized spacial score (nSPS) is 16.8. The minimum Gasteiger partial charge on any atom is -0.342 e. The molecule has 2 amide bonds. The van der Waals surface area contributed by atoms with E-state index in [1.54, 1.807) is 0 Å². The van der Waals surface area contributed by atoms with Gasteiger partial charge in [0.15, 0.2) is 5.16 Å². The van der Waals surface area contributed by atoms with Crippen molar-refractivity contribution in [3.63, 3.8) is 0 Å². The number of hydrogen-bond donors (Lipinski definition) is 1. The van der Waals surface area contributed by atoms with Gasteiger partial charge in [0.25, 0.3) is 0 Å². The van der Waals surface area contributed by atoms with Gasteiger partial charge in [0.05, 0.1) is 11.4 Å². The molecule has 2 fully saturated rings. The highest BCUT2D eigenvalue weighted by molar-refractivity contribution is 7.99. The lowest BCUT2D eigenvalue weighted by atomic mass is 10.1. The van der Waals surface area contributed by atoms with Crippen LogP contribution in [0.4, 0.5) is 5.69 Å². The highest BCUT2D eigenvalue weighted by Crippen LogP contribution is 2.41. The van der Waals surface area contributed by atoms with E-state index in [1.165, 1.54) is 25.1 Å². The number of thioether (sulfide) groups is 1. The smallest absolute Gasteiger partial charge is 0.233 e. The number of rotatable bonds is 6. The Morgan fingerprint density at radius 1 is 1.18 bits per heavy atom. The molecule has 7 nitrogen and oxygen atoms in total. The molecule has 1 saturated carbocycles. The van der Waals surface area contributed by atoms with Crippen molar-refractivity contribution < 1.29 is 9.59 Å². The first kappa shape index (κ1) is 19.0. The summed E-state index contributed by atoms with van der Waals surface area (Å²) in [4.78, 5) is 25.9. The summed E-state index contributed by atoms with van der Waals surface area (Å²) in [5.74, 6) is 1.79. The first-order chi connectivity index (χ1) is 13.6. The Morgan fingerprint density at radius 3 is 2.68 bits per heavy atom. The van der Waals surface area contributed by atoms with Crippen LogP contribution in [0.15, 0.2) is 29.4 Å². The molecule has 1 aromatic carbocycles. The molecule has 2 heterocycles. The van der Waals surface area contributed by atoms with Crippen molar-refractivity contribution in [3.8, 4) is 5.69 Å². The van der Waals surface area contributed by atoms with Gasteiger partial charge in [0, 0.05) is 31.6 Å². The predicted molar refractivity (Wildman–Crippen MR) is 109 cm³/mol. The first-order valence-corrected chi connectivity index (χ1v) is 10.8. The quantitative estimate of drug-likeness (QED) is 0.755. The second kappa shape index (κ2) is 8.34. The molecule has 1 N–H and O–H groups in total. The SMILES string of the molecule is CC(=O)Nc1cccc(-n2c(SCC(=O)N3CCCCC3)nnc2C2CC2)c1. The van der Waals surface area contributed by atoms with Crippen molar-refractivity contribution in [2.45, 2.75) is 50.1 Å². The van der Waals surface area contributed by atoms with Crippen LogP contribution in [0.1, 0.15) is 50.8 Å². The number of anilines is 1. The molecule has 28 heavy (non-hydrogen) atoms. The van der Waals surface area contributed by atoms with E-state index in [0.717, 1.165) is 61.1 Å². The summed E-state index contributed by atoms with van der Waals surface area (Å²) in [7, 11) is 0. The van der Waals surface area contributed by atoms with Gasteiger partial charge in [-0.05, 0) is 50.3 Å². The molecular weight excluding hydrogens is 374 g/mol. The number of aromatic nitrogens is 3. The summed E-state index contributed by atoms with van der Waals surface area (Å²) in [6.07, 6.45) is 5.62. The number of carbonyl (C=O) groups is 2. The topological polar surface area (TPSA) is 80.1 Å². The number of likely N-dealkylation sites (tertiary alicyclic amines) is 1. The molecule has 0 radical (unpaired) electrons. The second-order valence-corrected chi connectivity index (χ2v) is 8.35. The van der Waals surface area contributed by atoms with E-state index in [0.29, 0.717) is 11.7 Å². The zero-order valence-corrected chi connectivity index (χ0v) is 16.9. The van der Waals surface area contributed by atoms with E-state index in [1.807, 2.05) is 33.7 Å². The molecule has 0 spiro atoms. The van der Waals surface area contributed by atoms with Gasteiger partial charge in [-0.25, -0.2) is 0 Å². The molecule has 2 aliphatic rings. The monoisotopic (exact) mass is 399 g/mol. The molecule has 148 valence electrons. The standard InChI is InChI=1S/C20H25N5O2S/c1-14(26)21-16-6-5-7-17(12-16)25-19(15-8-9-15)22-23-20(25)28-13-18(27)24-10-3-2-4-11-24/h5-7,12,15H,2-4,8-11,13H2,1H3,(H,21,26). The van der Waals surface area contributed by atoms with Crippen LogP contribution in [0.5, 0.6) is 0 Å². The van der Waals surface area contributed by atoms with Crippen LogP contribution in [0.25, 0.3) is 5.69 Å². The number of piperidine rings is 1. The number of amides is 2. The summed E-state index contributed by atoms with van der Waals surface area (Å²) in [5, 5.41) is 12.3. The van der Waals surface area contributed by atoms with Crippen LogP contribution in [0.3, 0.4) is 0 Å². The van der Waals surface area contributed by atoms with Gasteiger partial charge in [0.2, 0.25) is 11.8 Å². The third-order valence-electron chi connectivity index (χ3n) is 5.06. The highest BCUT2D eigenvalue weighted by Gasteiger charge is 2.31. The predicted octanol–water partition coefficient (Wildman–Crippen LogP) is 3.21. The van der Waals surface area contributed by atoms with Gasteiger partial charge in [-0.1, -0.05) is 17.8 Å². The van der Waals surface area contributed by atoms with E-state index in [9.17, 15) is 9.59 Å². The lowest BCUT2D eigenvalue weighted by Crippen LogP contribution is -2.36. The molecular formula is C20H25N5O2S. The molecule has 1 saturated heterocycles. The Hall–Kier alpha value is -2.35. The number of nitrogens with one attached hydrogen (secondary N) is 1. The molecule has 2 aromatic rings. The van der Waals surface area contributed by atoms with E-state index in [-0.39, 0.29) is 11.8 Å². The van der Waals surface area contributed by atoms with E-state index in [4.69, 9.17) is 0 Å². The highest BCUT2D eigenvalue weighted by atomic mass is 32.2. The summed E-state index contributed by atoms with van der Waals surface area (Å²) >= 11 is 1.44. The van der Waals surface area contributed by atoms with Crippen molar-refractivity contribution in [2.24, 2.45) is 0 Å². The maximum absolute atomic E-state index is 12.5. The largest absolute Gasteiger partial charge is 0.342 e. The van der Waals surface area contributed by atoms with Gasteiger partial charge in [-0.3, -0.25) is 14.2 Å². The average Bonchev–Trinajstić information content (AvgIpc) is 3.46. The maximum atomic E-state index is 12.5. The minimum absolute atomic E-state index is 0.106. The van der Waals surface area contributed by atoms with Crippen LogP contribution in [0, 0.1) is 0 Å². The lowest BCUT2D eigenvalue weighted by molar-refractivity contribution is -0.129. The minimum atomic E-state index is -0.106. The lowest BCUT2D eigenvalue weighted by Gasteiger charge is -2.26. The second-order valence-electron chi connectivity index (χ2n) is 7.41. The first-order valence-electron chi connectivity index (χ1n) is 9.86. The fourth-order valence-electron chi connectivity index (χ4n) is 3.51. The Labute approximate surface area is 168 Å². The van der Waals surface area contributed by atoms with Gasteiger partial charge in [-0.2, -0.15) is 0 Å². The Balaban J connectivity index is 1.55. The third kappa shape index (κ3) is 4.38. The molecule has 1 aliphatic carbocycles. The van der Waals surface area contributed by atoms with Gasteiger partial charge < -0.3 is 10.2 Å². The molecule has 1 aliphatic heterocycles. The zero-order chi connectivity index (χ0) is 19.5. The Kier molecular flexibility index (Phi) is 5.66. The third-order valence-corrected chi connectivity index (χ3v) is 5.97. The summed E-state index contributed by atoms with van der Waals surface area (Å²) in [6, 6.07) is 7.67. The zero-order valence-electron chi connectivity index (χ0n) is 16.1. The van der Waals surface area contributed by atoms with Crippen LogP contribution >= 0.6 is 11.8 Å². The summed E-state index contributed by atoms with van der Waals surface area (Å²) < 4.78 is 2.04. The van der Waals surface area contributed by atoms with Crippen molar-refractivity contribution in [3.05, 3.63) is 30.1 Å². The number of carbonyl (C=O) groups excluding carboxylic acids is 2. The number of benzene rings is 1. The molecule has 1 aromatic heterocycles. The molecule has 0 unspecified atom stereocenters. The van der Waals surface area contributed by atoms with E-state index < -0.39 is 0 Å². The van der Waals surface area contributed by atoms with Crippen molar-refractivity contribution in [1.29, 1.82) is 0 Å². The van der Waals surface area contributed by atoms with Crippen LogP contribution in [0.2, 0.25) is 0 Å². The van der Waals surface area contributed by atoms with Crippen molar-refractivity contribution in [1.82, 2.24) is 19.7 Å². The number of hydrogen-bond acceptors (Lipinski definition) is 5. The average molecular weight is 400 g/mol. The van der Waals surface area contributed by atoms with Crippen LogP contribution < -0.4 is 5.32 Å². The Bertz CT molecular complexity index is 871. The molecule has 8 heteroatoms.